The van der Waals surface area contributed by atoms with E-state index in [1.165, 1.54) is 38.8 Å². The largest absolute Gasteiger partial charge is 0.300 e. The minimum absolute atomic E-state index is 0. The van der Waals surface area contributed by atoms with E-state index in [-0.39, 0.29) is 24.2 Å². The summed E-state index contributed by atoms with van der Waals surface area (Å²) in [5.41, 5.74) is 2.32. The zero-order valence-corrected chi connectivity index (χ0v) is 10.5. The van der Waals surface area contributed by atoms with Crippen molar-refractivity contribution >= 4 is 18.3 Å². The molecule has 1 amide bonds. The van der Waals surface area contributed by atoms with Crippen LogP contribution in [0.5, 0.6) is 0 Å². The van der Waals surface area contributed by atoms with Gasteiger partial charge in [-0.05, 0) is 38.8 Å². The molecule has 0 aromatic rings. The summed E-state index contributed by atoms with van der Waals surface area (Å²) in [5.74, 6) is 5.41. The highest BCUT2D eigenvalue weighted by molar-refractivity contribution is 5.85. The number of amides is 1. The van der Waals surface area contributed by atoms with Crippen molar-refractivity contribution in [2.45, 2.75) is 44.6 Å². The molecular weight excluding hydrogens is 226 g/mol. The lowest BCUT2D eigenvalue weighted by Crippen LogP contribution is -2.49. The van der Waals surface area contributed by atoms with Crippen LogP contribution in [0.4, 0.5) is 0 Å². The third-order valence-corrected chi connectivity index (χ3v) is 3.82. The van der Waals surface area contributed by atoms with E-state index < -0.39 is 0 Å². The maximum atomic E-state index is 11.7. The number of carbonyl (C=O) groups excluding carboxylic acids is 1. The van der Waals surface area contributed by atoms with Gasteiger partial charge in [0.1, 0.15) is 0 Å². The van der Waals surface area contributed by atoms with Crippen molar-refractivity contribution in [2.75, 3.05) is 13.1 Å². The zero-order valence-electron chi connectivity index (χ0n) is 9.65. The predicted octanol–water partition coefficient (Wildman–Crippen LogP) is 1.05. The zero-order chi connectivity index (χ0) is 10.7. The van der Waals surface area contributed by atoms with E-state index in [2.05, 4.69) is 10.3 Å². The molecule has 1 aliphatic carbocycles. The van der Waals surface area contributed by atoms with Crippen LogP contribution in [0.3, 0.4) is 0 Å². The van der Waals surface area contributed by atoms with Gasteiger partial charge in [-0.2, -0.15) is 0 Å². The topological polar surface area (TPSA) is 58.4 Å². The molecule has 1 heterocycles. The smallest absolute Gasteiger partial charge is 0.238 e. The Morgan fingerprint density at radius 3 is 2.38 bits per heavy atom. The van der Waals surface area contributed by atoms with Crippen molar-refractivity contribution in [3.05, 3.63) is 0 Å². The number of carbonyl (C=O) groups is 1. The molecule has 4 nitrogen and oxygen atoms in total. The Balaban J connectivity index is 0.00000128. The first kappa shape index (κ1) is 13.7. The summed E-state index contributed by atoms with van der Waals surface area (Å²) < 4.78 is 0. The predicted molar refractivity (Wildman–Crippen MR) is 66.1 cm³/mol. The van der Waals surface area contributed by atoms with Crippen LogP contribution in [0, 0.1) is 5.92 Å². The minimum Gasteiger partial charge on any atom is -0.300 e. The molecule has 0 aromatic carbocycles. The van der Waals surface area contributed by atoms with Gasteiger partial charge in [0.15, 0.2) is 0 Å². The summed E-state index contributed by atoms with van der Waals surface area (Å²) in [6.07, 6.45) is 7.17. The summed E-state index contributed by atoms with van der Waals surface area (Å²) in [6.45, 7) is 2.33. The molecule has 3 N–H and O–H groups in total. The number of likely N-dealkylation sites (tertiary alicyclic amines) is 1. The number of rotatable bonds is 2. The van der Waals surface area contributed by atoms with Crippen LogP contribution in [-0.2, 0) is 4.79 Å². The lowest BCUT2D eigenvalue weighted by Gasteiger charge is -2.36. The van der Waals surface area contributed by atoms with E-state index in [0.29, 0.717) is 6.04 Å². The van der Waals surface area contributed by atoms with Gasteiger partial charge in [0, 0.05) is 6.04 Å². The molecule has 2 fully saturated rings. The van der Waals surface area contributed by atoms with Crippen LogP contribution in [-0.4, -0.2) is 29.9 Å². The van der Waals surface area contributed by atoms with Gasteiger partial charge >= 0.3 is 0 Å². The van der Waals surface area contributed by atoms with Crippen LogP contribution in [0.25, 0.3) is 0 Å². The van der Waals surface area contributed by atoms with Crippen LogP contribution < -0.4 is 11.3 Å². The van der Waals surface area contributed by atoms with Crippen molar-refractivity contribution < 1.29 is 4.79 Å². The van der Waals surface area contributed by atoms with Crippen molar-refractivity contribution in [1.82, 2.24) is 10.3 Å². The highest BCUT2D eigenvalue weighted by atomic mass is 35.5. The van der Waals surface area contributed by atoms with Crippen molar-refractivity contribution in [2.24, 2.45) is 11.8 Å². The molecular formula is C11H22ClN3O. The second kappa shape index (κ2) is 6.42. The highest BCUT2D eigenvalue weighted by Crippen LogP contribution is 2.30. The lowest BCUT2D eigenvalue weighted by molar-refractivity contribution is -0.128. The van der Waals surface area contributed by atoms with E-state index >= 15 is 0 Å². The Kier molecular flexibility index (Phi) is 5.52. The first-order chi connectivity index (χ1) is 7.33. The molecule has 0 bridgehead atoms. The minimum atomic E-state index is 0. The van der Waals surface area contributed by atoms with Crippen LogP contribution in [0.1, 0.15) is 38.5 Å². The first-order valence-electron chi connectivity index (χ1n) is 6.07. The molecule has 0 radical (unpaired) electrons. The molecule has 5 heteroatoms. The lowest BCUT2D eigenvalue weighted by atomic mass is 9.83. The second-order valence-electron chi connectivity index (χ2n) is 4.71. The standard InChI is InChI=1S/C11H21N3O.ClH/c12-13-11(15)9-5-1-2-6-10(9)14-7-3-4-8-14;/h9-10H,1-8,12H2,(H,13,15);1H/t9-,10+;/m0./s1. The van der Waals surface area contributed by atoms with Gasteiger partial charge in [-0.1, -0.05) is 12.8 Å². The van der Waals surface area contributed by atoms with Gasteiger partial charge in [-0.3, -0.25) is 15.1 Å². The first-order valence-corrected chi connectivity index (χ1v) is 6.07. The Labute approximate surface area is 103 Å². The van der Waals surface area contributed by atoms with Crippen molar-refractivity contribution in [1.29, 1.82) is 0 Å². The molecule has 2 rings (SSSR count). The molecule has 2 atom stereocenters. The Bertz CT molecular complexity index is 231. The van der Waals surface area contributed by atoms with E-state index in [1.54, 1.807) is 0 Å². The average molecular weight is 248 g/mol. The van der Waals surface area contributed by atoms with E-state index in [4.69, 9.17) is 5.84 Å². The number of nitrogens with one attached hydrogen (secondary N) is 1. The number of nitrogens with two attached hydrogens (primary N) is 1. The van der Waals surface area contributed by atoms with Gasteiger partial charge in [0.2, 0.25) is 5.91 Å². The summed E-state index contributed by atoms with van der Waals surface area (Å²) in [4.78, 5) is 14.2. The number of hydrogen-bond acceptors (Lipinski definition) is 3. The number of nitrogens with zero attached hydrogens (tertiary/aromatic N) is 1. The fourth-order valence-corrected chi connectivity index (χ4v) is 3.03. The monoisotopic (exact) mass is 247 g/mol. The molecule has 0 unspecified atom stereocenters. The van der Waals surface area contributed by atoms with Crippen LogP contribution >= 0.6 is 12.4 Å². The summed E-state index contributed by atoms with van der Waals surface area (Å²) in [6, 6.07) is 0.449. The van der Waals surface area contributed by atoms with Gasteiger partial charge in [-0.25, -0.2) is 5.84 Å². The highest BCUT2D eigenvalue weighted by Gasteiger charge is 2.35. The molecule has 2 aliphatic rings. The molecule has 1 aliphatic heterocycles. The normalized spacial score (nSPS) is 30.8. The Hall–Kier alpha value is -0.320. The number of halogens is 1. The van der Waals surface area contributed by atoms with Crippen LogP contribution in [0.15, 0.2) is 0 Å². The van der Waals surface area contributed by atoms with Crippen LogP contribution in [0.2, 0.25) is 0 Å². The Morgan fingerprint density at radius 1 is 1.12 bits per heavy atom. The molecule has 16 heavy (non-hydrogen) atoms. The summed E-state index contributed by atoms with van der Waals surface area (Å²) >= 11 is 0. The molecule has 1 saturated heterocycles. The molecule has 94 valence electrons. The number of hydrazine groups is 1. The summed E-state index contributed by atoms with van der Waals surface area (Å²) in [7, 11) is 0. The van der Waals surface area contributed by atoms with Gasteiger partial charge < -0.3 is 0 Å². The third-order valence-electron chi connectivity index (χ3n) is 3.82. The molecule has 1 saturated carbocycles. The van der Waals surface area contributed by atoms with Gasteiger partial charge in [-0.15, -0.1) is 12.4 Å². The maximum absolute atomic E-state index is 11.7. The second-order valence-corrected chi connectivity index (χ2v) is 4.71. The van der Waals surface area contributed by atoms with Gasteiger partial charge in [0.05, 0.1) is 5.92 Å². The molecule has 0 spiro atoms. The maximum Gasteiger partial charge on any atom is 0.238 e. The number of hydrogen-bond donors (Lipinski definition) is 2. The summed E-state index contributed by atoms with van der Waals surface area (Å²) in [5, 5.41) is 0. The SMILES string of the molecule is Cl.NNC(=O)[C@H]1CCCC[C@H]1N1CCCC1. The van der Waals surface area contributed by atoms with Crippen molar-refractivity contribution in [3.8, 4) is 0 Å². The van der Waals surface area contributed by atoms with Crippen molar-refractivity contribution in [3.63, 3.8) is 0 Å². The van der Waals surface area contributed by atoms with Gasteiger partial charge in [0.25, 0.3) is 0 Å². The van der Waals surface area contributed by atoms with E-state index in [9.17, 15) is 4.79 Å². The fourth-order valence-electron chi connectivity index (χ4n) is 3.03. The Morgan fingerprint density at radius 2 is 1.75 bits per heavy atom. The third kappa shape index (κ3) is 2.87. The van der Waals surface area contributed by atoms with E-state index in [0.717, 1.165) is 12.8 Å². The average Bonchev–Trinajstić information content (AvgIpc) is 2.81. The van der Waals surface area contributed by atoms with E-state index in [1.807, 2.05) is 0 Å². The molecule has 0 aromatic heterocycles. The quantitative estimate of drug-likeness (QED) is 0.436. The fraction of sp³-hybridized carbons (Fsp3) is 0.909.